The zero-order valence-electron chi connectivity index (χ0n) is 26.6. The van der Waals surface area contributed by atoms with Crippen LogP contribution in [0.1, 0.15) is 104 Å². The molecule has 2 N–H and O–H groups in total. The lowest BCUT2D eigenvalue weighted by atomic mass is 9.98. The molecule has 0 aromatic heterocycles. The fourth-order valence-corrected chi connectivity index (χ4v) is 5.97. The number of esters is 1. The lowest BCUT2D eigenvalue weighted by Gasteiger charge is -2.21. The maximum absolute atomic E-state index is 13.5. The average molecular weight is 650 g/mol. The van der Waals surface area contributed by atoms with Gasteiger partial charge in [0.05, 0.1) is 32.5 Å². The molecule has 0 aliphatic heterocycles. The summed E-state index contributed by atoms with van der Waals surface area (Å²) >= 11 is 0. The Labute approximate surface area is 261 Å². The summed E-state index contributed by atoms with van der Waals surface area (Å²) in [5, 5.41) is 0. The average Bonchev–Trinajstić information content (AvgIpc) is 2.97. The maximum atomic E-state index is 13.5. The zero-order valence-corrected chi connectivity index (χ0v) is 27.5. The highest BCUT2D eigenvalue weighted by Gasteiger charge is 2.26. The van der Waals surface area contributed by atoms with Gasteiger partial charge in [-0.1, -0.05) is 12.8 Å². The number of nitrogens with zero attached hydrogens (tertiary/aromatic N) is 2. The van der Waals surface area contributed by atoms with Gasteiger partial charge in [-0.3, -0.25) is 13.8 Å². The van der Waals surface area contributed by atoms with Crippen LogP contribution < -0.4 is 5.73 Å². The number of likely N-dealkylation sites (N-methyl/N-ethyl adjacent to an activating group) is 1. The third-order valence-electron chi connectivity index (χ3n) is 7.01. The molecule has 0 aromatic rings. The van der Waals surface area contributed by atoms with E-state index in [9.17, 15) is 18.9 Å². The summed E-state index contributed by atoms with van der Waals surface area (Å²) < 4.78 is 54.5. The Morgan fingerprint density at radius 1 is 0.773 bits per heavy atom. The van der Waals surface area contributed by atoms with Crippen molar-refractivity contribution in [2.24, 2.45) is 10.5 Å². The lowest BCUT2D eigenvalue weighted by molar-refractivity contribution is -0.147. The number of ether oxygens (including phenoxy) is 5. The molecule has 14 nitrogen and oxygen atoms in total. The van der Waals surface area contributed by atoms with Gasteiger partial charge in [0.2, 0.25) is 5.96 Å². The largest absolute Gasteiger partial charge is 0.508 e. The molecule has 2 fully saturated rings. The Bertz CT molecular complexity index is 890. The minimum Gasteiger partial charge on any atom is -0.462 e. The van der Waals surface area contributed by atoms with Crippen LogP contribution in [0.15, 0.2) is 4.76 Å². The molecule has 0 unspecified atom stereocenters. The molecule has 0 heterocycles. The van der Waals surface area contributed by atoms with Crippen LogP contribution >= 0.6 is 7.75 Å². The Balaban J connectivity index is 1.77. The summed E-state index contributed by atoms with van der Waals surface area (Å²) in [6, 6.07) is 0. The molecule has 0 bridgehead atoms. The number of unbranched alkanes of at least 4 members (excludes halogenated alkanes) is 2. The van der Waals surface area contributed by atoms with Gasteiger partial charge in [0.15, 0.2) is 0 Å². The van der Waals surface area contributed by atoms with E-state index in [0.29, 0.717) is 25.7 Å². The molecule has 0 spiro atoms. The molecular weight excluding hydrogens is 597 g/mol. The molecule has 2 saturated carbocycles. The smallest absolute Gasteiger partial charge is 0.462 e. The molecule has 44 heavy (non-hydrogen) atoms. The highest BCUT2D eigenvalue weighted by molar-refractivity contribution is 7.52. The molecule has 0 aromatic carbocycles. The van der Waals surface area contributed by atoms with Crippen molar-refractivity contribution in [1.29, 1.82) is 0 Å². The molecule has 2 rings (SSSR count). The summed E-state index contributed by atoms with van der Waals surface area (Å²) in [6.45, 7) is 3.46. The molecule has 0 atom stereocenters. The van der Waals surface area contributed by atoms with Gasteiger partial charge < -0.3 is 34.3 Å². The molecule has 15 heteroatoms. The van der Waals surface area contributed by atoms with Gasteiger partial charge in [-0.05, 0) is 90.9 Å². The standard InChI is InChI=1S/C29H52N3O11P/c1-23(2)41-26(33)22-32(3)27(30)31-44(36,39-20-12-10-18-37-28(34)42-24-14-6-4-7-15-24)40-21-13-11-19-38-29(35)43-25-16-8-5-9-17-25/h23-25H,4-22H2,1-3H3,(H2,30,31,36). The Morgan fingerprint density at radius 3 is 1.64 bits per heavy atom. The van der Waals surface area contributed by atoms with E-state index in [0.717, 1.165) is 64.2 Å². The van der Waals surface area contributed by atoms with Crippen molar-refractivity contribution in [2.75, 3.05) is 40.0 Å². The second kappa shape index (κ2) is 21.2. The van der Waals surface area contributed by atoms with Crippen molar-refractivity contribution in [1.82, 2.24) is 4.90 Å². The summed E-state index contributed by atoms with van der Waals surface area (Å²) in [5.41, 5.74) is 6.00. The third-order valence-corrected chi connectivity index (χ3v) is 8.47. The van der Waals surface area contributed by atoms with Crippen molar-refractivity contribution in [2.45, 2.75) is 122 Å². The van der Waals surface area contributed by atoms with Crippen LogP contribution in [0, 0.1) is 0 Å². The molecule has 2 aliphatic carbocycles. The molecule has 0 saturated heterocycles. The van der Waals surface area contributed by atoms with Gasteiger partial charge in [-0.25, -0.2) is 14.2 Å². The van der Waals surface area contributed by atoms with Crippen LogP contribution in [0.25, 0.3) is 0 Å². The minimum absolute atomic E-state index is 0.00961. The first-order valence-corrected chi connectivity index (χ1v) is 17.4. The Hall–Kier alpha value is -2.57. The van der Waals surface area contributed by atoms with Crippen molar-refractivity contribution < 1.29 is 51.7 Å². The molecule has 0 amide bonds. The number of hydrogen-bond acceptors (Lipinski definition) is 11. The summed E-state index contributed by atoms with van der Waals surface area (Å²) in [7, 11) is -2.58. The summed E-state index contributed by atoms with van der Waals surface area (Å²) in [5.74, 6) is -0.752. The van der Waals surface area contributed by atoms with E-state index >= 15 is 0 Å². The topological polar surface area (TPSA) is 175 Å². The van der Waals surface area contributed by atoms with Gasteiger partial charge in [0.25, 0.3) is 0 Å². The zero-order chi connectivity index (χ0) is 32.2. The van der Waals surface area contributed by atoms with Gasteiger partial charge in [0, 0.05) is 7.05 Å². The molecule has 0 radical (unpaired) electrons. The minimum atomic E-state index is -4.08. The van der Waals surface area contributed by atoms with Gasteiger partial charge in [-0.15, -0.1) is 4.76 Å². The van der Waals surface area contributed by atoms with E-state index in [-0.39, 0.29) is 57.2 Å². The monoisotopic (exact) mass is 649 g/mol. The van der Waals surface area contributed by atoms with Crippen LogP contribution in [0.5, 0.6) is 0 Å². The predicted octanol–water partition coefficient (Wildman–Crippen LogP) is 5.86. The van der Waals surface area contributed by atoms with Crippen LogP contribution in [0.2, 0.25) is 0 Å². The Kier molecular flexibility index (Phi) is 18.1. The molecule has 2 aliphatic rings. The van der Waals surface area contributed by atoms with Crippen LogP contribution in [-0.4, -0.2) is 87.5 Å². The van der Waals surface area contributed by atoms with Crippen molar-refractivity contribution >= 4 is 32.0 Å². The van der Waals surface area contributed by atoms with E-state index in [4.69, 9.17) is 38.5 Å². The number of hydrogen-bond donors (Lipinski definition) is 1. The number of nitrogens with two attached hydrogens (primary N) is 1. The van der Waals surface area contributed by atoms with E-state index in [2.05, 4.69) is 4.76 Å². The first-order chi connectivity index (χ1) is 21.1. The third kappa shape index (κ3) is 17.1. The van der Waals surface area contributed by atoms with Gasteiger partial charge >= 0.3 is 26.0 Å². The van der Waals surface area contributed by atoms with E-state index < -0.39 is 26.0 Å². The fraction of sp³-hybridized carbons (Fsp3) is 0.862. The van der Waals surface area contributed by atoms with Gasteiger partial charge in [-0.2, -0.15) is 0 Å². The van der Waals surface area contributed by atoms with Crippen LogP contribution in [0.3, 0.4) is 0 Å². The lowest BCUT2D eigenvalue weighted by Crippen LogP contribution is -2.38. The van der Waals surface area contributed by atoms with E-state index in [1.807, 2.05) is 0 Å². The Morgan fingerprint density at radius 2 is 1.20 bits per heavy atom. The van der Waals surface area contributed by atoms with E-state index in [1.165, 1.54) is 11.9 Å². The van der Waals surface area contributed by atoms with Crippen molar-refractivity contribution in [3.05, 3.63) is 0 Å². The molecular formula is C29H52N3O11P. The van der Waals surface area contributed by atoms with Crippen molar-refractivity contribution in [3.8, 4) is 0 Å². The maximum Gasteiger partial charge on any atom is 0.508 e. The summed E-state index contributed by atoms with van der Waals surface area (Å²) in [6.07, 6.45) is 9.75. The number of rotatable bonds is 18. The summed E-state index contributed by atoms with van der Waals surface area (Å²) in [4.78, 5) is 37.1. The fourth-order valence-electron chi connectivity index (χ4n) is 4.66. The predicted molar refractivity (Wildman–Crippen MR) is 162 cm³/mol. The number of carbonyl (C=O) groups excluding carboxylic acids is 3. The quantitative estimate of drug-likeness (QED) is 0.0467. The first-order valence-electron chi connectivity index (χ1n) is 15.9. The number of guanidine groups is 1. The van der Waals surface area contributed by atoms with Crippen LogP contribution in [-0.2, 0) is 42.1 Å². The highest BCUT2D eigenvalue weighted by Crippen LogP contribution is 2.50. The first kappa shape index (κ1) is 37.6. The number of carbonyl (C=O) groups is 3. The SMILES string of the molecule is CC(C)OC(=O)CN(C)/C(N)=N/P(=O)(OCCCCOC(=O)OC1CCCCC1)OCCCCOC(=O)OC1CCCCC1. The second-order valence-electron chi connectivity index (χ2n) is 11.4. The second-order valence-corrected chi connectivity index (χ2v) is 13.0. The van der Waals surface area contributed by atoms with Crippen molar-refractivity contribution in [3.63, 3.8) is 0 Å². The van der Waals surface area contributed by atoms with Crippen LogP contribution in [0.4, 0.5) is 9.59 Å². The highest BCUT2D eigenvalue weighted by atomic mass is 31.2. The normalized spacial score (nSPS) is 16.8. The van der Waals surface area contributed by atoms with E-state index in [1.54, 1.807) is 13.8 Å². The van der Waals surface area contributed by atoms with Gasteiger partial charge in [0.1, 0.15) is 18.8 Å². The molecule has 254 valence electrons.